The normalized spacial score (nSPS) is 20.7. The Bertz CT molecular complexity index is 970. The van der Waals surface area contributed by atoms with E-state index >= 15 is 0 Å². The van der Waals surface area contributed by atoms with Gasteiger partial charge in [0.25, 0.3) is 0 Å². The van der Waals surface area contributed by atoms with Crippen LogP contribution in [-0.2, 0) is 14.4 Å². The van der Waals surface area contributed by atoms with Gasteiger partial charge < -0.3 is 10.1 Å². The molecule has 0 radical (unpaired) electrons. The molecule has 150 valence electrons. The standard InChI is InChI=1S/C21H21N3O4S/c1-12-18(13-7-9-14(28-2)10-8-13)23-21(29-12)22-17(25)11-24-19(26)15-5-3-4-6-16(15)20(24)27/h3-4,7-10,15-16H,5-6,11H2,1-2H3,(H,22,23,25)/t15-,16-/m0/s1. The number of imide groups is 1. The molecule has 2 aliphatic rings. The van der Waals surface area contributed by atoms with E-state index in [0.717, 1.165) is 26.8 Å². The average Bonchev–Trinajstić information content (AvgIpc) is 3.21. The molecule has 1 aliphatic heterocycles. The number of likely N-dealkylation sites (tertiary alicyclic amines) is 1. The van der Waals surface area contributed by atoms with E-state index in [9.17, 15) is 14.4 Å². The fourth-order valence-electron chi connectivity index (χ4n) is 3.79. The third-order valence-corrected chi connectivity index (χ3v) is 6.19. The van der Waals surface area contributed by atoms with Gasteiger partial charge in [-0.15, -0.1) is 11.3 Å². The van der Waals surface area contributed by atoms with Gasteiger partial charge in [0, 0.05) is 10.4 Å². The first-order valence-corrected chi connectivity index (χ1v) is 10.2. The van der Waals surface area contributed by atoms with E-state index in [-0.39, 0.29) is 30.2 Å². The van der Waals surface area contributed by atoms with Crippen LogP contribution in [0.2, 0.25) is 0 Å². The number of benzene rings is 1. The van der Waals surface area contributed by atoms with Crippen molar-refractivity contribution < 1.29 is 19.1 Å². The first-order valence-electron chi connectivity index (χ1n) is 9.40. The summed E-state index contributed by atoms with van der Waals surface area (Å²) in [7, 11) is 1.61. The van der Waals surface area contributed by atoms with E-state index in [0.29, 0.717) is 18.0 Å². The number of amides is 3. The molecule has 4 rings (SSSR count). The van der Waals surface area contributed by atoms with Crippen LogP contribution in [0, 0.1) is 18.8 Å². The van der Waals surface area contributed by atoms with E-state index in [1.54, 1.807) is 7.11 Å². The number of anilines is 1. The summed E-state index contributed by atoms with van der Waals surface area (Å²) in [4.78, 5) is 44.0. The number of carbonyl (C=O) groups is 3. The number of aromatic nitrogens is 1. The predicted molar refractivity (Wildman–Crippen MR) is 110 cm³/mol. The van der Waals surface area contributed by atoms with Crippen molar-refractivity contribution in [1.82, 2.24) is 9.88 Å². The number of rotatable bonds is 5. The lowest BCUT2D eigenvalue weighted by molar-refractivity contribution is -0.142. The largest absolute Gasteiger partial charge is 0.497 e. The number of aryl methyl sites for hydroxylation is 1. The van der Waals surface area contributed by atoms with Gasteiger partial charge in [-0.25, -0.2) is 4.98 Å². The molecule has 3 amide bonds. The van der Waals surface area contributed by atoms with Crippen LogP contribution in [0.4, 0.5) is 5.13 Å². The van der Waals surface area contributed by atoms with Crippen molar-refractivity contribution in [3.05, 3.63) is 41.3 Å². The van der Waals surface area contributed by atoms with Crippen LogP contribution in [0.3, 0.4) is 0 Å². The highest BCUT2D eigenvalue weighted by Gasteiger charge is 2.47. The van der Waals surface area contributed by atoms with Crippen molar-refractivity contribution in [2.45, 2.75) is 19.8 Å². The summed E-state index contributed by atoms with van der Waals surface area (Å²) in [5.41, 5.74) is 1.69. The number of hydrogen-bond donors (Lipinski definition) is 1. The number of nitrogens with one attached hydrogen (secondary N) is 1. The van der Waals surface area contributed by atoms with Crippen LogP contribution in [-0.4, -0.2) is 41.3 Å². The van der Waals surface area contributed by atoms with Crippen LogP contribution in [0.15, 0.2) is 36.4 Å². The molecule has 0 spiro atoms. The first kappa shape index (κ1) is 19.3. The molecule has 29 heavy (non-hydrogen) atoms. The Morgan fingerprint density at radius 3 is 2.38 bits per heavy atom. The number of allylic oxidation sites excluding steroid dienone is 2. The van der Waals surface area contributed by atoms with Gasteiger partial charge in [0.2, 0.25) is 17.7 Å². The summed E-state index contributed by atoms with van der Waals surface area (Å²) in [5.74, 6) is -0.838. The van der Waals surface area contributed by atoms with Crippen LogP contribution in [0.25, 0.3) is 11.3 Å². The maximum Gasteiger partial charge on any atom is 0.246 e. The topological polar surface area (TPSA) is 88.6 Å². The van der Waals surface area contributed by atoms with Crippen molar-refractivity contribution in [2.75, 3.05) is 19.0 Å². The molecule has 1 aromatic carbocycles. The Labute approximate surface area is 172 Å². The molecule has 2 atom stereocenters. The molecular weight excluding hydrogens is 390 g/mol. The SMILES string of the molecule is COc1ccc(-c2nc(NC(=O)CN3C(=O)[C@H]4CC=CC[C@@H]4C3=O)sc2C)cc1. The average molecular weight is 411 g/mol. The fourth-order valence-corrected chi connectivity index (χ4v) is 4.65. The van der Waals surface area contributed by atoms with Gasteiger partial charge in [-0.05, 0) is 44.0 Å². The molecular formula is C21H21N3O4S. The van der Waals surface area contributed by atoms with Crippen molar-refractivity contribution in [1.29, 1.82) is 0 Å². The minimum absolute atomic E-state index is 0.256. The van der Waals surface area contributed by atoms with Crippen molar-refractivity contribution in [3.63, 3.8) is 0 Å². The number of ether oxygens (including phenoxy) is 1. The summed E-state index contributed by atoms with van der Waals surface area (Å²) in [6, 6.07) is 7.52. The third-order valence-electron chi connectivity index (χ3n) is 5.31. The Kier molecular flexibility index (Phi) is 5.19. The summed E-state index contributed by atoms with van der Waals surface area (Å²) in [6.45, 7) is 1.65. The van der Waals surface area contributed by atoms with Crippen molar-refractivity contribution >= 4 is 34.2 Å². The quantitative estimate of drug-likeness (QED) is 0.604. The van der Waals surface area contributed by atoms with Gasteiger partial charge in [-0.1, -0.05) is 12.2 Å². The van der Waals surface area contributed by atoms with E-state index in [4.69, 9.17) is 4.74 Å². The monoisotopic (exact) mass is 411 g/mol. The Morgan fingerprint density at radius 1 is 1.17 bits per heavy atom. The number of nitrogens with zero attached hydrogens (tertiary/aromatic N) is 2. The van der Waals surface area contributed by atoms with Crippen LogP contribution in [0.5, 0.6) is 5.75 Å². The third kappa shape index (κ3) is 3.67. The lowest BCUT2D eigenvalue weighted by Gasteiger charge is -2.14. The predicted octanol–water partition coefficient (Wildman–Crippen LogP) is 3.02. The molecule has 0 bridgehead atoms. The Morgan fingerprint density at radius 2 is 1.79 bits per heavy atom. The maximum absolute atomic E-state index is 12.5. The number of fused-ring (bicyclic) bond motifs is 1. The van der Waals surface area contributed by atoms with E-state index in [2.05, 4.69) is 10.3 Å². The molecule has 8 heteroatoms. The summed E-state index contributed by atoms with van der Waals surface area (Å²) >= 11 is 1.35. The highest BCUT2D eigenvalue weighted by molar-refractivity contribution is 7.16. The van der Waals surface area contributed by atoms with E-state index in [1.807, 2.05) is 43.3 Å². The lowest BCUT2D eigenvalue weighted by atomic mass is 9.85. The number of thiazole rings is 1. The second-order valence-corrected chi connectivity index (χ2v) is 8.32. The van der Waals surface area contributed by atoms with Gasteiger partial charge in [0.15, 0.2) is 5.13 Å². The van der Waals surface area contributed by atoms with Gasteiger partial charge in [0.05, 0.1) is 24.6 Å². The van der Waals surface area contributed by atoms with Crippen molar-refractivity contribution in [2.24, 2.45) is 11.8 Å². The Hall–Kier alpha value is -3.00. The number of methoxy groups -OCH3 is 1. The van der Waals surface area contributed by atoms with Crippen LogP contribution >= 0.6 is 11.3 Å². The fraction of sp³-hybridized carbons (Fsp3) is 0.333. The lowest BCUT2D eigenvalue weighted by Crippen LogP contribution is -2.38. The minimum Gasteiger partial charge on any atom is -0.497 e. The zero-order chi connectivity index (χ0) is 20.5. The highest BCUT2D eigenvalue weighted by atomic mass is 32.1. The molecule has 0 saturated carbocycles. The number of carbonyl (C=O) groups excluding carboxylic acids is 3. The van der Waals surface area contributed by atoms with E-state index < -0.39 is 5.91 Å². The van der Waals surface area contributed by atoms with E-state index in [1.165, 1.54) is 11.3 Å². The second-order valence-electron chi connectivity index (χ2n) is 7.12. The van der Waals surface area contributed by atoms with Gasteiger partial charge in [-0.3, -0.25) is 19.3 Å². The molecule has 2 aromatic rings. The molecule has 1 aliphatic carbocycles. The van der Waals surface area contributed by atoms with Gasteiger partial charge in [-0.2, -0.15) is 0 Å². The van der Waals surface area contributed by atoms with Crippen LogP contribution < -0.4 is 10.1 Å². The van der Waals surface area contributed by atoms with Gasteiger partial charge in [0.1, 0.15) is 12.3 Å². The van der Waals surface area contributed by atoms with Gasteiger partial charge >= 0.3 is 0 Å². The summed E-state index contributed by atoms with van der Waals surface area (Å²) in [6.07, 6.45) is 4.97. The molecule has 1 aromatic heterocycles. The zero-order valence-corrected chi connectivity index (χ0v) is 17.0. The number of hydrogen-bond acceptors (Lipinski definition) is 6. The second kappa shape index (κ2) is 7.79. The zero-order valence-electron chi connectivity index (χ0n) is 16.2. The maximum atomic E-state index is 12.5. The smallest absolute Gasteiger partial charge is 0.246 e. The first-order chi connectivity index (χ1) is 14.0. The molecule has 2 heterocycles. The molecule has 1 fully saturated rings. The molecule has 0 unspecified atom stereocenters. The molecule has 7 nitrogen and oxygen atoms in total. The minimum atomic E-state index is -0.423. The highest BCUT2D eigenvalue weighted by Crippen LogP contribution is 2.35. The summed E-state index contributed by atoms with van der Waals surface area (Å²) in [5, 5.41) is 3.17. The molecule has 1 saturated heterocycles. The van der Waals surface area contributed by atoms with Crippen molar-refractivity contribution in [3.8, 4) is 17.0 Å². The van der Waals surface area contributed by atoms with Crippen LogP contribution in [0.1, 0.15) is 17.7 Å². The Balaban J connectivity index is 1.44. The molecule has 1 N–H and O–H groups in total. The summed E-state index contributed by atoms with van der Waals surface area (Å²) < 4.78 is 5.17.